The summed E-state index contributed by atoms with van der Waals surface area (Å²) >= 11 is 1.49. The molecule has 0 bridgehead atoms. The van der Waals surface area contributed by atoms with E-state index in [1.54, 1.807) is 5.51 Å². The van der Waals surface area contributed by atoms with Gasteiger partial charge in [0.25, 0.3) is 5.89 Å². The lowest BCUT2D eigenvalue weighted by atomic mass is 10.1. The minimum Gasteiger partial charge on any atom is -0.398 e. The number of anilines is 1. The van der Waals surface area contributed by atoms with Gasteiger partial charge in [-0.05, 0) is 19.1 Å². The number of nitrogen functional groups attached to an aromatic ring is 1. The second-order valence-electron chi connectivity index (χ2n) is 3.89. The van der Waals surface area contributed by atoms with Crippen molar-refractivity contribution in [2.24, 2.45) is 0 Å². The molecule has 5 nitrogen and oxygen atoms in total. The molecule has 90 valence electrons. The lowest BCUT2D eigenvalue weighted by Gasteiger charge is -2.01. The van der Waals surface area contributed by atoms with Crippen LogP contribution in [0.1, 0.15) is 5.56 Å². The summed E-state index contributed by atoms with van der Waals surface area (Å²) in [5, 5.41) is 5.78. The SMILES string of the molecule is Cc1ccc(N)c(-c2nc(-c3cscn3)no2)c1. The van der Waals surface area contributed by atoms with Crippen LogP contribution in [0.4, 0.5) is 5.69 Å². The smallest absolute Gasteiger partial charge is 0.260 e. The van der Waals surface area contributed by atoms with Crippen LogP contribution in [-0.4, -0.2) is 15.1 Å². The minimum atomic E-state index is 0.416. The molecule has 0 spiro atoms. The summed E-state index contributed by atoms with van der Waals surface area (Å²) in [6.45, 7) is 1.99. The van der Waals surface area contributed by atoms with Gasteiger partial charge in [0.05, 0.1) is 11.1 Å². The maximum atomic E-state index is 5.91. The third kappa shape index (κ3) is 1.86. The zero-order valence-electron chi connectivity index (χ0n) is 9.62. The molecule has 0 atom stereocenters. The van der Waals surface area contributed by atoms with Crippen LogP contribution in [0.2, 0.25) is 0 Å². The van der Waals surface area contributed by atoms with E-state index in [1.165, 1.54) is 11.3 Å². The summed E-state index contributed by atoms with van der Waals surface area (Å²) in [5.41, 5.74) is 10.8. The number of hydrogen-bond acceptors (Lipinski definition) is 6. The van der Waals surface area contributed by atoms with Gasteiger partial charge >= 0.3 is 0 Å². The number of aromatic nitrogens is 3. The lowest BCUT2D eigenvalue weighted by Crippen LogP contribution is -1.91. The lowest BCUT2D eigenvalue weighted by molar-refractivity contribution is 0.432. The summed E-state index contributed by atoms with van der Waals surface area (Å²) in [5.74, 6) is 0.895. The van der Waals surface area contributed by atoms with E-state index in [9.17, 15) is 0 Å². The Balaban J connectivity index is 2.05. The Bertz CT molecular complexity index is 675. The van der Waals surface area contributed by atoms with Gasteiger partial charge in [-0.2, -0.15) is 4.98 Å². The van der Waals surface area contributed by atoms with Crippen LogP contribution in [0.25, 0.3) is 23.0 Å². The molecule has 0 radical (unpaired) electrons. The van der Waals surface area contributed by atoms with E-state index in [-0.39, 0.29) is 0 Å². The number of thiazole rings is 1. The highest BCUT2D eigenvalue weighted by Gasteiger charge is 2.14. The van der Waals surface area contributed by atoms with Gasteiger partial charge in [-0.1, -0.05) is 16.8 Å². The van der Waals surface area contributed by atoms with E-state index >= 15 is 0 Å². The van der Waals surface area contributed by atoms with E-state index in [4.69, 9.17) is 10.3 Å². The highest BCUT2D eigenvalue weighted by Crippen LogP contribution is 2.27. The van der Waals surface area contributed by atoms with Crippen LogP contribution in [0.3, 0.4) is 0 Å². The first-order valence-corrected chi connectivity index (χ1v) is 6.27. The van der Waals surface area contributed by atoms with Gasteiger partial charge < -0.3 is 10.3 Å². The molecule has 0 fully saturated rings. The second kappa shape index (κ2) is 4.23. The van der Waals surface area contributed by atoms with Crippen molar-refractivity contribution in [2.75, 3.05) is 5.73 Å². The Kier molecular flexibility index (Phi) is 2.56. The highest BCUT2D eigenvalue weighted by atomic mass is 32.1. The molecule has 2 N–H and O–H groups in total. The molecule has 0 aliphatic heterocycles. The average molecular weight is 258 g/mol. The van der Waals surface area contributed by atoms with Crippen molar-refractivity contribution in [2.45, 2.75) is 6.92 Å². The van der Waals surface area contributed by atoms with Crippen molar-refractivity contribution in [3.63, 3.8) is 0 Å². The average Bonchev–Trinajstić information content (AvgIpc) is 3.00. The Morgan fingerprint density at radius 3 is 3.00 bits per heavy atom. The van der Waals surface area contributed by atoms with Crippen molar-refractivity contribution in [1.29, 1.82) is 0 Å². The molecule has 1 aromatic carbocycles. The Hall–Kier alpha value is -2.21. The molecule has 0 saturated heterocycles. The van der Waals surface area contributed by atoms with Crippen LogP contribution < -0.4 is 5.73 Å². The third-order valence-electron chi connectivity index (χ3n) is 2.53. The normalized spacial score (nSPS) is 10.7. The topological polar surface area (TPSA) is 77.8 Å². The zero-order valence-corrected chi connectivity index (χ0v) is 10.4. The monoisotopic (exact) mass is 258 g/mol. The van der Waals surface area contributed by atoms with Gasteiger partial charge in [-0.25, -0.2) is 4.98 Å². The fourth-order valence-electron chi connectivity index (χ4n) is 1.62. The third-order valence-corrected chi connectivity index (χ3v) is 3.11. The quantitative estimate of drug-likeness (QED) is 0.715. The van der Waals surface area contributed by atoms with Crippen LogP contribution in [0, 0.1) is 6.92 Å². The predicted molar refractivity (Wildman–Crippen MR) is 70.0 cm³/mol. The number of rotatable bonds is 2. The molecule has 2 heterocycles. The standard InChI is InChI=1S/C12H10N4OS/c1-7-2-3-9(13)8(4-7)12-15-11(16-17-12)10-5-18-6-14-10/h2-6H,13H2,1H3. The van der Waals surface area contributed by atoms with Crippen molar-refractivity contribution < 1.29 is 4.52 Å². The first kappa shape index (κ1) is 10.9. The zero-order chi connectivity index (χ0) is 12.5. The summed E-state index contributed by atoms with van der Waals surface area (Å²) in [4.78, 5) is 8.45. The number of nitrogens with zero attached hydrogens (tertiary/aromatic N) is 3. The molecule has 0 aliphatic carbocycles. The van der Waals surface area contributed by atoms with Gasteiger partial charge in [0.15, 0.2) is 0 Å². The van der Waals surface area contributed by atoms with Crippen molar-refractivity contribution in [1.82, 2.24) is 15.1 Å². The van der Waals surface area contributed by atoms with Crippen LogP contribution in [0.15, 0.2) is 33.6 Å². The van der Waals surface area contributed by atoms with Crippen molar-refractivity contribution in [3.8, 4) is 23.0 Å². The number of hydrogen-bond donors (Lipinski definition) is 1. The van der Waals surface area contributed by atoms with Gasteiger partial charge in [-0.3, -0.25) is 0 Å². The molecule has 2 aromatic heterocycles. The Morgan fingerprint density at radius 2 is 2.22 bits per heavy atom. The van der Waals surface area contributed by atoms with Crippen LogP contribution in [-0.2, 0) is 0 Å². The van der Waals surface area contributed by atoms with E-state index < -0.39 is 0 Å². The first-order valence-electron chi connectivity index (χ1n) is 5.33. The highest BCUT2D eigenvalue weighted by molar-refractivity contribution is 7.07. The molecule has 3 aromatic rings. The van der Waals surface area contributed by atoms with E-state index in [0.717, 1.165) is 11.1 Å². The van der Waals surface area contributed by atoms with Crippen LogP contribution >= 0.6 is 11.3 Å². The van der Waals surface area contributed by atoms with Gasteiger partial charge in [0.2, 0.25) is 5.82 Å². The van der Waals surface area contributed by atoms with E-state index in [2.05, 4.69) is 15.1 Å². The number of nitrogens with two attached hydrogens (primary N) is 1. The van der Waals surface area contributed by atoms with E-state index in [0.29, 0.717) is 23.1 Å². The maximum absolute atomic E-state index is 5.91. The second-order valence-corrected chi connectivity index (χ2v) is 4.61. The molecule has 0 aliphatic rings. The first-order chi connectivity index (χ1) is 8.74. The number of benzene rings is 1. The van der Waals surface area contributed by atoms with Gasteiger partial charge in [0.1, 0.15) is 5.69 Å². The predicted octanol–water partition coefficient (Wildman–Crippen LogP) is 2.75. The van der Waals surface area contributed by atoms with Gasteiger partial charge in [0, 0.05) is 11.1 Å². The van der Waals surface area contributed by atoms with Gasteiger partial charge in [-0.15, -0.1) is 11.3 Å². The van der Waals surface area contributed by atoms with Crippen LogP contribution in [0.5, 0.6) is 0 Å². The number of aryl methyl sites for hydroxylation is 1. The van der Waals surface area contributed by atoms with E-state index in [1.807, 2.05) is 30.5 Å². The molecular weight excluding hydrogens is 248 g/mol. The molecule has 3 rings (SSSR count). The largest absolute Gasteiger partial charge is 0.398 e. The van der Waals surface area contributed by atoms with Crippen molar-refractivity contribution >= 4 is 17.0 Å². The Morgan fingerprint density at radius 1 is 1.33 bits per heavy atom. The molecule has 6 heteroatoms. The molecular formula is C12H10N4OS. The van der Waals surface area contributed by atoms with Crippen molar-refractivity contribution in [3.05, 3.63) is 34.7 Å². The fraction of sp³-hybridized carbons (Fsp3) is 0.0833. The fourth-order valence-corrected chi connectivity index (χ4v) is 2.15. The molecule has 18 heavy (non-hydrogen) atoms. The summed E-state index contributed by atoms with van der Waals surface area (Å²) in [7, 11) is 0. The summed E-state index contributed by atoms with van der Waals surface area (Å²) < 4.78 is 5.23. The molecule has 0 amide bonds. The minimum absolute atomic E-state index is 0.416. The molecule has 0 saturated carbocycles. The summed E-state index contributed by atoms with van der Waals surface area (Å²) in [6, 6.07) is 5.70. The molecule has 0 unspecified atom stereocenters. The summed E-state index contributed by atoms with van der Waals surface area (Å²) in [6.07, 6.45) is 0. The Labute approximate surface area is 107 Å². The maximum Gasteiger partial charge on any atom is 0.260 e.